The van der Waals surface area contributed by atoms with Crippen molar-refractivity contribution in [1.29, 1.82) is 0 Å². The van der Waals surface area contributed by atoms with Crippen LogP contribution in [0.2, 0.25) is 0 Å². The molecule has 0 saturated heterocycles. The predicted molar refractivity (Wildman–Crippen MR) is 148 cm³/mol. The van der Waals surface area contributed by atoms with Crippen LogP contribution in [-0.2, 0) is 13.5 Å². The molecule has 0 aliphatic carbocycles. The summed E-state index contributed by atoms with van der Waals surface area (Å²) < 4.78 is 1.73. The van der Waals surface area contributed by atoms with E-state index in [1.54, 1.807) is 10.9 Å². The number of nitrogens with zero attached hydrogens (tertiary/aromatic N) is 4. The number of amides is 1. The lowest BCUT2D eigenvalue weighted by molar-refractivity contribution is 0.0940. The largest absolute Gasteiger partial charge is 0.346 e. The zero-order valence-electron chi connectivity index (χ0n) is 21.5. The second-order valence-electron chi connectivity index (χ2n) is 9.33. The van der Waals surface area contributed by atoms with E-state index in [-0.39, 0.29) is 11.9 Å². The molecule has 1 atom stereocenters. The molecule has 0 bridgehead atoms. The molecule has 0 spiro atoms. The zero-order valence-corrected chi connectivity index (χ0v) is 21.5. The maximum Gasteiger partial charge on any atom is 0.251 e. The van der Waals surface area contributed by atoms with Gasteiger partial charge in [0.15, 0.2) is 0 Å². The number of fused-ring (bicyclic) bond motifs is 1. The second kappa shape index (κ2) is 10.2. The first kappa shape index (κ1) is 24.2. The first-order chi connectivity index (χ1) is 17.9. The molecule has 37 heavy (non-hydrogen) atoms. The molecule has 0 saturated carbocycles. The summed E-state index contributed by atoms with van der Waals surface area (Å²) >= 11 is 0. The van der Waals surface area contributed by atoms with E-state index in [4.69, 9.17) is 0 Å². The van der Waals surface area contributed by atoms with E-state index < -0.39 is 0 Å². The summed E-state index contributed by atoms with van der Waals surface area (Å²) in [6.45, 7) is 6.16. The Bertz CT molecular complexity index is 1590. The van der Waals surface area contributed by atoms with Crippen molar-refractivity contribution in [2.45, 2.75) is 33.2 Å². The zero-order chi connectivity index (χ0) is 25.9. The average molecular weight is 491 g/mol. The quantitative estimate of drug-likeness (QED) is 0.286. The average Bonchev–Trinajstić information content (AvgIpc) is 3.32. The van der Waals surface area contributed by atoms with Gasteiger partial charge in [-0.25, -0.2) is 9.97 Å². The Hall–Kier alpha value is -4.52. The van der Waals surface area contributed by atoms with Gasteiger partial charge in [0.2, 0.25) is 5.95 Å². The van der Waals surface area contributed by atoms with Crippen molar-refractivity contribution >= 4 is 28.4 Å². The molecular formula is C30H30N6O. The molecule has 7 nitrogen and oxygen atoms in total. The molecule has 0 aliphatic heterocycles. The third-order valence-electron chi connectivity index (χ3n) is 6.49. The van der Waals surface area contributed by atoms with Crippen molar-refractivity contribution in [3.63, 3.8) is 0 Å². The maximum atomic E-state index is 12.8. The van der Waals surface area contributed by atoms with Crippen molar-refractivity contribution < 1.29 is 4.79 Å². The Balaban J connectivity index is 1.41. The molecule has 0 fully saturated rings. The SMILES string of the molecule is CCc1ccc(C(C)NC(=O)c2cccc(C)c2)cc1-c1ccc2nc(Nc3cnn(C)c3)ncc2c1. The summed E-state index contributed by atoms with van der Waals surface area (Å²) in [4.78, 5) is 22.0. The minimum atomic E-state index is -0.137. The molecule has 5 aromatic rings. The molecule has 0 aliphatic rings. The fourth-order valence-electron chi connectivity index (χ4n) is 4.47. The molecule has 5 rings (SSSR count). The van der Waals surface area contributed by atoms with Crippen molar-refractivity contribution in [1.82, 2.24) is 25.1 Å². The van der Waals surface area contributed by atoms with Gasteiger partial charge in [-0.3, -0.25) is 9.48 Å². The van der Waals surface area contributed by atoms with Crippen molar-refractivity contribution in [2.24, 2.45) is 7.05 Å². The fraction of sp³-hybridized carbons (Fsp3) is 0.200. The molecule has 2 heterocycles. The van der Waals surface area contributed by atoms with E-state index in [2.05, 4.69) is 63.0 Å². The number of carbonyl (C=O) groups is 1. The van der Waals surface area contributed by atoms with E-state index in [1.807, 2.05) is 63.6 Å². The minimum absolute atomic E-state index is 0.0733. The topological polar surface area (TPSA) is 84.7 Å². The number of aryl methyl sites for hydroxylation is 3. The van der Waals surface area contributed by atoms with Gasteiger partial charge in [-0.15, -0.1) is 0 Å². The number of benzene rings is 3. The van der Waals surface area contributed by atoms with E-state index in [0.29, 0.717) is 11.5 Å². The number of carbonyl (C=O) groups excluding carboxylic acids is 1. The number of hydrogen-bond donors (Lipinski definition) is 2. The Morgan fingerprint density at radius 1 is 1.05 bits per heavy atom. The molecule has 186 valence electrons. The fourth-order valence-corrected chi connectivity index (χ4v) is 4.47. The Kier molecular flexibility index (Phi) is 6.68. The summed E-state index contributed by atoms with van der Waals surface area (Å²) in [6.07, 6.45) is 6.35. The lowest BCUT2D eigenvalue weighted by Crippen LogP contribution is -2.26. The molecule has 1 amide bonds. The normalized spacial score (nSPS) is 11.9. The van der Waals surface area contributed by atoms with Gasteiger partial charge in [-0.2, -0.15) is 5.10 Å². The van der Waals surface area contributed by atoms with Gasteiger partial charge in [-0.1, -0.05) is 42.8 Å². The van der Waals surface area contributed by atoms with Crippen LogP contribution in [0.15, 0.2) is 79.3 Å². The first-order valence-electron chi connectivity index (χ1n) is 12.4. The van der Waals surface area contributed by atoms with Gasteiger partial charge in [-0.05, 0) is 72.9 Å². The van der Waals surface area contributed by atoms with Crippen LogP contribution in [0.1, 0.15) is 46.9 Å². The highest BCUT2D eigenvalue weighted by Crippen LogP contribution is 2.30. The molecule has 2 aromatic heterocycles. The number of hydrogen-bond acceptors (Lipinski definition) is 5. The van der Waals surface area contributed by atoms with Crippen LogP contribution >= 0.6 is 0 Å². The minimum Gasteiger partial charge on any atom is -0.346 e. The molecule has 1 unspecified atom stereocenters. The molecule has 7 heteroatoms. The first-order valence-corrected chi connectivity index (χ1v) is 12.4. The molecule has 3 aromatic carbocycles. The maximum absolute atomic E-state index is 12.8. The number of rotatable bonds is 7. The number of nitrogens with one attached hydrogen (secondary N) is 2. The highest BCUT2D eigenvalue weighted by atomic mass is 16.1. The second-order valence-corrected chi connectivity index (χ2v) is 9.33. The van der Waals surface area contributed by atoms with Crippen LogP contribution < -0.4 is 10.6 Å². The molecule has 0 radical (unpaired) electrons. The standard InChI is InChI=1S/C30H30N6O/c1-5-21-9-10-22(20(3)33-29(37)24-8-6-7-19(2)13-24)15-27(21)23-11-12-28-25(14-23)16-31-30(35-28)34-26-17-32-36(4)18-26/h6-18,20H,5H2,1-4H3,(H,33,37)(H,31,34,35). The van der Waals surface area contributed by atoms with Gasteiger partial charge < -0.3 is 10.6 Å². The summed E-state index contributed by atoms with van der Waals surface area (Å²) in [7, 11) is 1.87. The van der Waals surface area contributed by atoms with Gasteiger partial charge in [0, 0.05) is 30.4 Å². The third kappa shape index (κ3) is 5.35. The van der Waals surface area contributed by atoms with Gasteiger partial charge in [0.05, 0.1) is 23.4 Å². The van der Waals surface area contributed by atoms with E-state index in [9.17, 15) is 4.79 Å². The monoisotopic (exact) mass is 490 g/mol. The van der Waals surface area contributed by atoms with Gasteiger partial charge in [0.25, 0.3) is 5.91 Å². The number of aromatic nitrogens is 4. The van der Waals surface area contributed by atoms with Gasteiger partial charge >= 0.3 is 0 Å². The van der Waals surface area contributed by atoms with Crippen LogP contribution in [-0.4, -0.2) is 25.7 Å². The van der Waals surface area contributed by atoms with Crippen LogP contribution in [0.5, 0.6) is 0 Å². The molecule has 2 N–H and O–H groups in total. The van der Waals surface area contributed by atoms with Crippen molar-refractivity contribution in [3.05, 3.63) is 102 Å². The summed E-state index contributed by atoms with van der Waals surface area (Å²) in [5.41, 5.74) is 7.98. The van der Waals surface area contributed by atoms with Crippen molar-refractivity contribution in [3.8, 4) is 11.1 Å². The Morgan fingerprint density at radius 3 is 2.68 bits per heavy atom. The molecular weight excluding hydrogens is 460 g/mol. The van der Waals surface area contributed by atoms with E-state index in [1.165, 1.54) is 5.56 Å². The van der Waals surface area contributed by atoms with Crippen LogP contribution in [0.25, 0.3) is 22.0 Å². The van der Waals surface area contributed by atoms with Crippen LogP contribution in [0.3, 0.4) is 0 Å². The highest BCUT2D eigenvalue weighted by molar-refractivity contribution is 5.94. The third-order valence-corrected chi connectivity index (χ3v) is 6.49. The van der Waals surface area contributed by atoms with E-state index in [0.717, 1.165) is 45.3 Å². The Morgan fingerprint density at radius 2 is 1.92 bits per heavy atom. The summed E-state index contributed by atoms with van der Waals surface area (Å²) in [5, 5.41) is 11.5. The van der Waals surface area contributed by atoms with E-state index >= 15 is 0 Å². The Labute approximate surface area is 216 Å². The van der Waals surface area contributed by atoms with Crippen LogP contribution in [0.4, 0.5) is 11.6 Å². The van der Waals surface area contributed by atoms with Crippen LogP contribution in [0, 0.1) is 6.92 Å². The predicted octanol–water partition coefficient (Wildman–Crippen LogP) is 6.14. The highest BCUT2D eigenvalue weighted by Gasteiger charge is 2.15. The van der Waals surface area contributed by atoms with Gasteiger partial charge in [0.1, 0.15) is 0 Å². The number of anilines is 2. The lowest BCUT2D eigenvalue weighted by atomic mass is 9.93. The smallest absolute Gasteiger partial charge is 0.251 e. The lowest BCUT2D eigenvalue weighted by Gasteiger charge is -2.18. The van der Waals surface area contributed by atoms with Crippen molar-refractivity contribution in [2.75, 3.05) is 5.32 Å². The summed E-state index contributed by atoms with van der Waals surface area (Å²) in [6, 6.07) is 20.2. The summed E-state index contributed by atoms with van der Waals surface area (Å²) in [5.74, 6) is 0.457.